The SMILES string of the molecule is COc1cccc(-c2nc(S(=O)(=O)c3ccc4c(c3)OCCO4)c(NCC3CCCO3)o2)c1. The summed E-state index contributed by atoms with van der Waals surface area (Å²) in [7, 11) is -2.47. The first kappa shape index (κ1) is 21.6. The van der Waals surface area contributed by atoms with Gasteiger partial charge in [0.05, 0.1) is 18.1 Å². The molecule has 5 rings (SSSR count). The monoisotopic (exact) mass is 472 g/mol. The van der Waals surface area contributed by atoms with Crippen LogP contribution in [0.15, 0.2) is 56.8 Å². The molecule has 2 aliphatic heterocycles. The number of benzene rings is 2. The molecule has 0 amide bonds. The molecule has 3 aromatic rings. The number of nitrogens with one attached hydrogen (secondary N) is 1. The molecule has 1 fully saturated rings. The molecule has 0 spiro atoms. The summed E-state index contributed by atoms with van der Waals surface area (Å²) in [5.74, 6) is 1.73. The molecule has 1 aromatic heterocycles. The van der Waals surface area contributed by atoms with Crippen molar-refractivity contribution < 1.29 is 31.8 Å². The van der Waals surface area contributed by atoms with E-state index in [1.54, 1.807) is 37.4 Å². The first-order valence-electron chi connectivity index (χ1n) is 10.7. The molecule has 1 saturated heterocycles. The van der Waals surface area contributed by atoms with E-state index >= 15 is 0 Å². The van der Waals surface area contributed by atoms with Crippen LogP contribution in [0.5, 0.6) is 17.2 Å². The number of sulfone groups is 1. The van der Waals surface area contributed by atoms with Gasteiger partial charge in [-0.2, -0.15) is 4.98 Å². The highest BCUT2D eigenvalue weighted by Gasteiger charge is 2.30. The van der Waals surface area contributed by atoms with E-state index in [9.17, 15) is 8.42 Å². The molecule has 1 N–H and O–H groups in total. The number of fused-ring (bicyclic) bond motifs is 1. The summed E-state index contributed by atoms with van der Waals surface area (Å²) >= 11 is 0. The molecule has 2 aromatic carbocycles. The van der Waals surface area contributed by atoms with Gasteiger partial charge in [0, 0.05) is 24.8 Å². The van der Waals surface area contributed by atoms with Crippen molar-refractivity contribution in [3.63, 3.8) is 0 Å². The zero-order chi connectivity index (χ0) is 22.8. The normalized spacial score (nSPS) is 17.7. The Morgan fingerprint density at radius 3 is 2.73 bits per heavy atom. The van der Waals surface area contributed by atoms with E-state index in [1.807, 2.05) is 0 Å². The maximum atomic E-state index is 13.6. The molecule has 174 valence electrons. The minimum Gasteiger partial charge on any atom is -0.497 e. The summed E-state index contributed by atoms with van der Waals surface area (Å²) < 4.78 is 55.1. The lowest BCUT2D eigenvalue weighted by atomic mass is 10.2. The largest absolute Gasteiger partial charge is 0.497 e. The van der Waals surface area contributed by atoms with Crippen molar-refractivity contribution in [1.29, 1.82) is 0 Å². The summed E-state index contributed by atoms with van der Waals surface area (Å²) in [6.45, 7) is 1.88. The van der Waals surface area contributed by atoms with Gasteiger partial charge in [0.2, 0.25) is 26.6 Å². The third kappa shape index (κ3) is 4.36. The number of oxazole rings is 1. The van der Waals surface area contributed by atoms with Crippen molar-refractivity contribution in [1.82, 2.24) is 4.98 Å². The lowest BCUT2D eigenvalue weighted by molar-refractivity contribution is 0.120. The Labute approximate surface area is 191 Å². The Balaban J connectivity index is 1.54. The van der Waals surface area contributed by atoms with Crippen LogP contribution in [0.4, 0.5) is 5.88 Å². The highest BCUT2D eigenvalue weighted by molar-refractivity contribution is 7.91. The van der Waals surface area contributed by atoms with E-state index in [0.29, 0.717) is 49.2 Å². The predicted molar refractivity (Wildman–Crippen MR) is 119 cm³/mol. The number of nitrogens with zero attached hydrogens (tertiary/aromatic N) is 1. The summed E-state index contributed by atoms with van der Waals surface area (Å²) in [4.78, 5) is 4.41. The molecule has 0 radical (unpaired) electrons. The number of rotatable bonds is 7. The van der Waals surface area contributed by atoms with Gasteiger partial charge >= 0.3 is 0 Å². The molecular formula is C23H24N2O7S. The van der Waals surface area contributed by atoms with Crippen LogP contribution in [0.2, 0.25) is 0 Å². The van der Waals surface area contributed by atoms with Gasteiger partial charge < -0.3 is 28.7 Å². The molecule has 1 unspecified atom stereocenters. The Morgan fingerprint density at radius 2 is 1.94 bits per heavy atom. The van der Waals surface area contributed by atoms with Crippen molar-refractivity contribution in [2.75, 3.05) is 38.8 Å². The van der Waals surface area contributed by atoms with Crippen molar-refractivity contribution in [3.8, 4) is 28.7 Å². The molecule has 9 nitrogen and oxygen atoms in total. The van der Waals surface area contributed by atoms with Gasteiger partial charge in [0.25, 0.3) is 0 Å². The fraction of sp³-hybridized carbons (Fsp3) is 0.348. The Morgan fingerprint density at radius 1 is 1.09 bits per heavy atom. The second-order valence-corrected chi connectivity index (χ2v) is 9.58. The quantitative estimate of drug-likeness (QED) is 0.552. The first-order valence-corrected chi connectivity index (χ1v) is 12.2. The topological polar surface area (TPSA) is 109 Å². The van der Waals surface area contributed by atoms with E-state index in [4.69, 9.17) is 23.4 Å². The van der Waals surface area contributed by atoms with Crippen molar-refractivity contribution in [2.45, 2.75) is 28.9 Å². The van der Waals surface area contributed by atoms with Crippen molar-refractivity contribution in [3.05, 3.63) is 42.5 Å². The third-order valence-electron chi connectivity index (χ3n) is 5.51. The molecule has 33 heavy (non-hydrogen) atoms. The zero-order valence-electron chi connectivity index (χ0n) is 18.1. The van der Waals surface area contributed by atoms with Crippen molar-refractivity contribution in [2.24, 2.45) is 0 Å². The number of hydrogen-bond donors (Lipinski definition) is 1. The lowest BCUT2D eigenvalue weighted by Gasteiger charge is -2.18. The van der Waals surface area contributed by atoms with Gasteiger partial charge in [-0.3, -0.25) is 0 Å². The van der Waals surface area contributed by atoms with Crippen LogP contribution in [0.3, 0.4) is 0 Å². The van der Waals surface area contributed by atoms with Crippen LogP contribution in [0.25, 0.3) is 11.5 Å². The fourth-order valence-corrected chi connectivity index (χ4v) is 5.09. The van der Waals surface area contributed by atoms with Crippen LogP contribution in [-0.2, 0) is 14.6 Å². The van der Waals surface area contributed by atoms with Gasteiger partial charge in [-0.05, 0) is 43.2 Å². The van der Waals surface area contributed by atoms with Crippen LogP contribution >= 0.6 is 0 Å². The number of hydrogen-bond acceptors (Lipinski definition) is 9. The minimum atomic E-state index is -4.03. The van der Waals surface area contributed by atoms with E-state index < -0.39 is 9.84 Å². The molecule has 0 bridgehead atoms. The van der Waals surface area contributed by atoms with E-state index in [0.717, 1.165) is 12.8 Å². The number of aromatic nitrogens is 1. The standard InChI is InChI=1S/C23H24N2O7S/c1-28-16-5-2-4-15(12-16)21-25-23(22(32-21)24-14-17-6-3-9-29-17)33(26,27)18-7-8-19-20(13-18)31-11-10-30-19/h2,4-5,7-8,12-13,17,24H,3,6,9-11,14H2,1H3. The van der Waals surface area contributed by atoms with E-state index in [2.05, 4.69) is 10.3 Å². The maximum absolute atomic E-state index is 13.6. The van der Waals surface area contributed by atoms with Gasteiger partial charge in [-0.15, -0.1) is 0 Å². The van der Waals surface area contributed by atoms with Gasteiger partial charge in [0.1, 0.15) is 19.0 Å². The molecule has 2 aliphatic rings. The number of ether oxygens (including phenoxy) is 4. The second kappa shape index (κ2) is 8.95. The summed E-state index contributed by atoms with van der Waals surface area (Å²) in [6.07, 6.45) is 1.86. The van der Waals surface area contributed by atoms with Gasteiger partial charge in [0.15, 0.2) is 11.5 Å². The minimum absolute atomic E-state index is 0.0137. The lowest BCUT2D eigenvalue weighted by Crippen LogP contribution is -2.19. The highest BCUT2D eigenvalue weighted by Crippen LogP contribution is 2.37. The Hall–Kier alpha value is -3.24. The fourth-order valence-electron chi connectivity index (χ4n) is 3.79. The van der Waals surface area contributed by atoms with Crippen molar-refractivity contribution >= 4 is 15.7 Å². The number of anilines is 1. The number of methoxy groups -OCH3 is 1. The maximum Gasteiger partial charge on any atom is 0.233 e. The average Bonchev–Trinajstić information content (AvgIpc) is 3.53. The Bertz CT molecular complexity index is 1250. The molecule has 1 atom stereocenters. The Kier molecular flexibility index (Phi) is 5.86. The molecule has 0 saturated carbocycles. The van der Waals surface area contributed by atoms with E-state index in [-0.39, 0.29) is 27.8 Å². The second-order valence-electron chi connectivity index (χ2n) is 7.71. The van der Waals surface area contributed by atoms with E-state index in [1.165, 1.54) is 12.1 Å². The van der Waals surface area contributed by atoms with Crippen LogP contribution < -0.4 is 19.5 Å². The van der Waals surface area contributed by atoms with Crippen LogP contribution in [-0.4, -0.2) is 53.0 Å². The first-order chi connectivity index (χ1) is 16.0. The molecule has 3 heterocycles. The smallest absolute Gasteiger partial charge is 0.233 e. The van der Waals surface area contributed by atoms with Crippen LogP contribution in [0.1, 0.15) is 12.8 Å². The zero-order valence-corrected chi connectivity index (χ0v) is 18.9. The third-order valence-corrected chi connectivity index (χ3v) is 7.17. The molecule has 10 heteroatoms. The van der Waals surface area contributed by atoms with Crippen LogP contribution in [0, 0.1) is 0 Å². The summed E-state index contributed by atoms with van der Waals surface area (Å²) in [6, 6.07) is 11.6. The van der Waals surface area contributed by atoms with Gasteiger partial charge in [-0.25, -0.2) is 8.42 Å². The van der Waals surface area contributed by atoms with Gasteiger partial charge in [-0.1, -0.05) is 6.07 Å². The average molecular weight is 473 g/mol. The molecule has 0 aliphatic carbocycles. The summed E-state index contributed by atoms with van der Waals surface area (Å²) in [5.41, 5.74) is 0.596. The predicted octanol–water partition coefficient (Wildman–Crippen LogP) is 3.55. The highest BCUT2D eigenvalue weighted by atomic mass is 32.2. The summed E-state index contributed by atoms with van der Waals surface area (Å²) in [5, 5.41) is 2.89. The molecular weight excluding hydrogens is 448 g/mol.